The van der Waals surface area contributed by atoms with Crippen molar-refractivity contribution in [2.45, 2.75) is 11.8 Å². The van der Waals surface area contributed by atoms with Crippen molar-refractivity contribution in [1.82, 2.24) is 15.0 Å². The lowest BCUT2D eigenvalue weighted by molar-refractivity contribution is 0.0954. The molecule has 1 amide bonds. The predicted octanol–water partition coefficient (Wildman–Crippen LogP) is 1.10. The van der Waals surface area contributed by atoms with Gasteiger partial charge in [0.15, 0.2) is 0 Å². The average molecular weight is 319 g/mol. The summed E-state index contributed by atoms with van der Waals surface area (Å²) in [5.74, 6) is -0.267. The number of hydrogen-bond acceptors (Lipinski definition) is 4. The molecule has 7 heteroatoms. The first kappa shape index (κ1) is 16.1. The first-order valence-electron chi connectivity index (χ1n) is 6.73. The number of sulfonamides is 1. The third-order valence-corrected chi connectivity index (χ3v) is 4.45. The van der Waals surface area contributed by atoms with Crippen molar-refractivity contribution in [3.8, 4) is 0 Å². The molecule has 0 atom stereocenters. The van der Waals surface area contributed by atoms with Crippen LogP contribution in [0.15, 0.2) is 53.7 Å². The monoisotopic (exact) mass is 319 g/mol. The van der Waals surface area contributed by atoms with Crippen molar-refractivity contribution in [1.29, 1.82) is 0 Å². The van der Waals surface area contributed by atoms with Crippen molar-refractivity contribution < 1.29 is 13.2 Å². The highest BCUT2D eigenvalue weighted by atomic mass is 32.2. The Kier molecular flexibility index (Phi) is 5.24. The van der Waals surface area contributed by atoms with Crippen LogP contribution in [0.4, 0.5) is 0 Å². The maximum Gasteiger partial charge on any atom is 0.251 e. The van der Waals surface area contributed by atoms with Crippen molar-refractivity contribution in [2.75, 3.05) is 13.1 Å². The average Bonchev–Trinajstić information content (AvgIpc) is 2.52. The fraction of sp³-hybridized carbons (Fsp3) is 0.200. The van der Waals surface area contributed by atoms with Gasteiger partial charge in [-0.2, -0.15) is 0 Å². The molecule has 0 aliphatic rings. The van der Waals surface area contributed by atoms with E-state index in [9.17, 15) is 13.2 Å². The summed E-state index contributed by atoms with van der Waals surface area (Å²) in [6.07, 6.45) is 3.05. The number of nitrogens with zero attached hydrogens (tertiary/aromatic N) is 1. The zero-order chi connectivity index (χ0) is 16.0. The summed E-state index contributed by atoms with van der Waals surface area (Å²) in [6, 6.07) is 9.75. The number of rotatable bonds is 6. The molecule has 0 saturated carbocycles. The Hall–Kier alpha value is -2.25. The maximum absolute atomic E-state index is 12.0. The molecule has 0 aliphatic heterocycles. The number of carbonyl (C=O) groups excluding carboxylic acids is 1. The minimum Gasteiger partial charge on any atom is -0.351 e. The molecule has 0 unspecified atom stereocenters. The highest BCUT2D eigenvalue weighted by Gasteiger charge is 2.13. The Balaban J connectivity index is 1.83. The zero-order valence-corrected chi connectivity index (χ0v) is 12.9. The summed E-state index contributed by atoms with van der Waals surface area (Å²) in [5.41, 5.74) is 1.47. The van der Waals surface area contributed by atoms with Crippen LogP contribution < -0.4 is 10.0 Å². The van der Waals surface area contributed by atoms with Gasteiger partial charge >= 0.3 is 0 Å². The molecule has 116 valence electrons. The fourth-order valence-corrected chi connectivity index (χ4v) is 2.80. The van der Waals surface area contributed by atoms with E-state index in [1.165, 1.54) is 12.4 Å². The van der Waals surface area contributed by atoms with Gasteiger partial charge in [-0.05, 0) is 31.2 Å². The summed E-state index contributed by atoms with van der Waals surface area (Å²) < 4.78 is 26.5. The van der Waals surface area contributed by atoms with Gasteiger partial charge in [-0.15, -0.1) is 0 Å². The molecule has 22 heavy (non-hydrogen) atoms. The number of aryl methyl sites for hydroxylation is 1. The Bertz CT molecular complexity index is 728. The molecule has 0 spiro atoms. The highest BCUT2D eigenvalue weighted by Crippen LogP contribution is 2.09. The van der Waals surface area contributed by atoms with E-state index in [0.29, 0.717) is 5.56 Å². The predicted molar refractivity (Wildman–Crippen MR) is 82.9 cm³/mol. The highest BCUT2D eigenvalue weighted by molar-refractivity contribution is 7.89. The standard InChI is InChI=1S/C15H17N3O3S/c1-12-2-4-14(5-3-12)22(20,21)18-11-10-17-15(19)13-6-8-16-9-7-13/h2-9,18H,10-11H2,1H3,(H,17,19). The van der Waals surface area contributed by atoms with Gasteiger partial charge in [-0.1, -0.05) is 17.7 Å². The quantitative estimate of drug-likeness (QED) is 0.780. The van der Waals surface area contributed by atoms with Crippen LogP contribution in [-0.4, -0.2) is 32.4 Å². The van der Waals surface area contributed by atoms with Crippen molar-refractivity contribution in [3.63, 3.8) is 0 Å². The van der Waals surface area contributed by atoms with Crippen LogP contribution in [0, 0.1) is 6.92 Å². The lowest BCUT2D eigenvalue weighted by atomic mass is 10.2. The number of nitrogens with one attached hydrogen (secondary N) is 2. The number of hydrogen-bond donors (Lipinski definition) is 2. The Morgan fingerprint density at radius 1 is 1.05 bits per heavy atom. The van der Waals surface area contributed by atoms with Gasteiger partial charge in [0.2, 0.25) is 10.0 Å². The third-order valence-electron chi connectivity index (χ3n) is 2.98. The smallest absolute Gasteiger partial charge is 0.251 e. The van der Waals surface area contributed by atoms with Crippen molar-refractivity contribution >= 4 is 15.9 Å². The number of carbonyl (C=O) groups is 1. The second-order valence-corrected chi connectivity index (χ2v) is 6.47. The number of benzene rings is 1. The van der Waals surface area contributed by atoms with E-state index in [4.69, 9.17) is 0 Å². The molecule has 2 aromatic rings. The summed E-state index contributed by atoms with van der Waals surface area (Å²) in [6.45, 7) is 2.21. The van der Waals surface area contributed by atoms with Gasteiger partial charge in [-0.25, -0.2) is 13.1 Å². The summed E-state index contributed by atoms with van der Waals surface area (Å²) >= 11 is 0. The van der Waals surface area contributed by atoms with Gasteiger partial charge in [-0.3, -0.25) is 9.78 Å². The van der Waals surface area contributed by atoms with Crippen LogP contribution in [0.25, 0.3) is 0 Å². The molecule has 0 radical (unpaired) electrons. The van der Waals surface area contributed by atoms with Crippen LogP contribution in [0.1, 0.15) is 15.9 Å². The number of aromatic nitrogens is 1. The van der Waals surface area contributed by atoms with Gasteiger partial charge < -0.3 is 5.32 Å². The lowest BCUT2D eigenvalue weighted by Crippen LogP contribution is -2.34. The Morgan fingerprint density at radius 3 is 2.32 bits per heavy atom. The van der Waals surface area contributed by atoms with Crippen LogP contribution >= 0.6 is 0 Å². The first-order valence-corrected chi connectivity index (χ1v) is 8.22. The lowest BCUT2D eigenvalue weighted by Gasteiger charge is -2.08. The van der Waals surface area contributed by atoms with E-state index in [1.54, 1.807) is 36.4 Å². The zero-order valence-electron chi connectivity index (χ0n) is 12.1. The molecule has 6 nitrogen and oxygen atoms in total. The van der Waals surface area contributed by atoms with Gasteiger partial charge in [0.25, 0.3) is 5.91 Å². The molecule has 1 heterocycles. The van der Waals surface area contributed by atoms with Crippen LogP contribution in [0.3, 0.4) is 0 Å². The van der Waals surface area contributed by atoms with E-state index < -0.39 is 10.0 Å². The van der Waals surface area contributed by atoms with Crippen LogP contribution in [-0.2, 0) is 10.0 Å². The molecule has 0 bridgehead atoms. The SMILES string of the molecule is Cc1ccc(S(=O)(=O)NCCNC(=O)c2ccncc2)cc1. The molecule has 2 rings (SSSR count). The van der Waals surface area contributed by atoms with Crippen LogP contribution in [0.5, 0.6) is 0 Å². The molecule has 2 N–H and O–H groups in total. The Morgan fingerprint density at radius 2 is 1.68 bits per heavy atom. The maximum atomic E-state index is 12.0. The van der Waals surface area contributed by atoms with Crippen LogP contribution in [0.2, 0.25) is 0 Å². The first-order chi connectivity index (χ1) is 10.5. The molecule has 1 aromatic carbocycles. The second kappa shape index (κ2) is 7.15. The van der Waals surface area contributed by atoms with Crippen molar-refractivity contribution in [2.24, 2.45) is 0 Å². The van der Waals surface area contributed by atoms with E-state index >= 15 is 0 Å². The fourth-order valence-electron chi connectivity index (χ4n) is 1.77. The Labute approximate surface area is 129 Å². The van der Waals surface area contributed by atoms with Crippen molar-refractivity contribution in [3.05, 3.63) is 59.9 Å². The molecule has 0 saturated heterocycles. The minimum atomic E-state index is -3.55. The molecular formula is C15H17N3O3S. The van der Waals surface area contributed by atoms with Gasteiger partial charge in [0.1, 0.15) is 0 Å². The minimum absolute atomic E-state index is 0.118. The number of amides is 1. The largest absolute Gasteiger partial charge is 0.351 e. The molecule has 0 aliphatic carbocycles. The third kappa shape index (κ3) is 4.37. The molecule has 0 fully saturated rings. The van der Waals surface area contributed by atoms with E-state index in [-0.39, 0.29) is 23.9 Å². The summed E-state index contributed by atoms with van der Waals surface area (Å²) in [7, 11) is -3.55. The van der Waals surface area contributed by atoms with Gasteiger partial charge in [0.05, 0.1) is 4.90 Å². The normalized spacial score (nSPS) is 11.1. The van der Waals surface area contributed by atoms with E-state index in [0.717, 1.165) is 5.56 Å². The van der Waals surface area contributed by atoms with E-state index in [1.807, 2.05) is 6.92 Å². The molecule has 1 aromatic heterocycles. The molecular weight excluding hydrogens is 302 g/mol. The summed E-state index contributed by atoms with van der Waals surface area (Å²) in [5, 5.41) is 2.64. The summed E-state index contributed by atoms with van der Waals surface area (Å²) in [4.78, 5) is 15.8. The topological polar surface area (TPSA) is 88.2 Å². The van der Waals surface area contributed by atoms with Gasteiger partial charge in [0, 0.05) is 31.0 Å². The second-order valence-electron chi connectivity index (χ2n) is 4.70. The number of pyridine rings is 1. The van der Waals surface area contributed by atoms with E-state index in [2.05, 4.69) is 15.0 Å².